The summed E-state index contributed by atoms with van der Waals surface area (Å²) >= 11 is 6.66. The third kappa shape index (κ3) is 3.78. The molecule has 0 saturated heterocycles. The van der Waals surface area contributed by atoms with Gasteiger partial charge in [0, 0.05) is 10.2 Å². The average molecular weight is 435 g/mol. The minimum Gasteiger partial charge on any atom is -0.496 e. The molecule has 7 heteroatoms. The van der Waals surface area contributed by atoms with Crippen LogP contribution in [0.3, 0.4) is 0 Å². The van der Waals surface area contributed by atoms with Crippen molar-refractivity contribution in [2.75, 3.05) is 11.8 Å². The molecule has 0 spiro atoms. The van der Waals surface area contributed by atoms with Crippen LogP contribution in [0, 0.1) is 6.92 Å². The second-order valence-electron chi connectivity index (χ2n) is 4.37. The van der Waals surface area contributed by atoms with Gasteiger partial charge in [-0.15, -0.1) is 0 Å². The van der Waals surface area contributed by atoms with Crippen molar-refractivity contribution in [2.45, 2.75) is 11.8 Å². The van der Waals surface area contributed by atoms with Gasteiger partial charge in [0.15, 0.2) is 0 Å². The van der Waals surface area contributed by atoms with E-state index in [2.05, 4.69) is 36.6 Å². The first-order valence-corrected chi connectivity index (χ1v) is 9.03. The molecule has 0 radical (unpaired) electrons. The Morgan fingerprint density at radius 1 is 1.05 bits per heavy atom. The molecule has 0 unspecified atom stereocenters. The monoisotopic (exact) mass is 433 g/mol. The third-order valence-corrected chi connectivity index (χ3v) is 5.73. The number of anilines is 1. The van der Waals surface area contributed by atoms with E-state index < -0.39 is 10.0 Å². The van der Waals surface area contributed by atoms with Crippen LogP contribution in [0.1, 0.15) is 5.56 Å². The van der Waals surface area contributed by atoms with E-state index in [4.69, 9.17) is 4.74 Å². The molecule has 0 aliphatic carbocycles. The van der Waals surface area contributed by atoms with Gasteiger partial charge in [0.1, 0.15) is 5.75 Å². The molecule has 0 atom stereocenters. The summed E-state index contributed by atoms with van der Waals surface area (Å²) in [5.41, 5.74) is 1.47. The Kier molecular flexibility index (Phi) is 4.95. The van der Waals surface area contributed by atoms with Crippen LogP contribution in [0.2, 0.25) is 0 Å². The third-order valence-electron chi connectivity index (χ3n) is 2.84. The fourth-order valence-corrected chi connectivity index (χ4v) is 3.75. The first-order chi connectivity index (χ1) is 9.83. The molecular formula is C14H13Br2NO3S. The molecule has 0 bridgehead atoms. The fraction of sp³-hybridized carbons (Fsp3) is 0.143. The number of benzene rings is 2. The maximum Gasteiger partial charge on any atom is 0.261 e. The topological polar surface area (TPSA) is 55.4 Å². The number of sulfonamides is 1. The first kappa shape index (κ1) is 16.3. The lowest BCUT2D eigenvalue weighted by molar-refractivity contribution is 0.411. The van der Waals surface area contributed by atoms with Crippen molar-refractivity contribution >= 4 is 47.6 Å². The number of ether oxygens (including phenoxy) is 1. The van der Waals surface area contributed by atoms with Crippen LogP contribution < -0.4 is 9.46 Å². The van der Waals surface area contributed by atoms with Gasteiger partial charge in [-0.3, -0.25) is 4.72 Å². The van der Waals surface area contributed by atoms with E-state index in [0.29, 0.717) is 15.9 Å². The Bertz CT molecular complexity index is 776. The minimum atomic E-state index is -3.64. The summed E-state index contributed by atoms with van der Waals surface area (Å²) in [4.78, 5) is 0.163. The Balaban J connectivity index is 2.33. The molecule has 0 aromatic heterocycles. The fourth-order valence-electron chi connectivity index (χ4n) is 1.74. The number of methoxy groups -OCH3 is 1. The Morgan fingerprint density at radius 2 is 1.76 bits per heavy atom. The summed E-state index contributed by atoms with van der Waals surface area (Å²) in [7, 11) is -2.12. The van der Waals surface area contributed by atoms with E-state index in [0.717, 1.165) is 10.0 Å². The molecule has 2 aromatic rings. The van der Waals surface area contributed by atoms with E-state index in [-0.39, 0.29) is 4.90 Å². The largest absolute Gasteiger partial charge is 0.496 e. The molecule has 4 nitrogen and oxygen atoms in total. The van der Waals surface area contributed by atoms with Crippen molar-refractivity contribution in [1.29, 1.82) is 0 Å². The van der Waals surface area contributed by atoms with Gasteiger partial charge in [-0.1, -0.05) is 15.9 Å². The number of rotatable bonds is 4. The average Bonchev–Trinajstić information content (AvgIpc) is 2.42. The van der Waals surface area contributed by atoms with Gasteiger partial charge in [-0.05, 0) is 64.8 Å². The molecular weight excluding hydrogens is 422 g/mol. The number of hydrogen-bond donors (Lipinski definition) is 1. The van der Waals surface area contributed by atoms with Crippen LogP contribution in [0.5, 0.6) is 5.75 Å². The van der Waals surface area contributed by atoms with E-state index in [1.807, 2.05) is 6.92 Å². The highest BCUT2D eigenvalue weighted by molar-refractivity contribution is 9.10. The van der Waals surface area contributed by atoms with Gasteiger partial charge in [0.25, 0.3) is 10.0 Å². The second-order valence-corrected chi connectivity index (χ2v) is 7.76. The lowest BCUT2D eigenvalue weighted by Gasteiger charge is -2.11. The minimum absolute atomic E-state index is 0.163. The highest BCUT2D eigenvalue weighted by atomic mass is 79.9. The Labute approximate surface area is 140 Å². The van der Waals surface area contributed by atoms with Crippen molar-refractivity contribution in [3.63, 3.8) is 0 Å². The van der Waals surface area contributed by atoms with E-state index in [1.165, 1.54) is 19.2 Å². The molecule has 0 aliphatic rings. The highest BCUT2D eigenvalue weighted by Crippen LogP contribution is 2.29. The van der Waals surface area contributed by atoms with Gasteiger partial charge < -0.3 is 4.74 Å². The Hall–Kier alpha value is -1.05. The predicted octanol–water partition coefficient (Wildman–Crippen LogP) is 4.33. The first-order valence-electron chi connectivity index (χ1n) is 5.96. The number of nitrogens with one attached hydrogen (secondary N) is 1. The van der Waals surface area contributed by atoms with Gasteiger partial charge in [-0.2, -0.15) is 0 Å². The quantitative estimate of drug-likeness (QED) is 0.778. The van der Waals surface area contributed by atoms with Gasteiger partial charge >= 0.3 is 0 Å². The summed E-state index contributed by atoms with van der Waals surface area (Å²) in [6, 6.07) is 9.88. The van der Waals surface area contributed by atoms with E-state index in [9.17, 15) is 8.42 Å². The molecule has 0 amide bonds. The number of halogens is 2. The number of hydrogen-bond acceptors (Lipinski definition) is 3. The smallest absolute Gasteiger partial charge is 0.261 e. The zero-order valence-corrected chi connectivity index (χ0v) is 15.3. The van der Waals surface area contributed by atoms with E-state index in [1.54, 1.807) is 24.3 Å². The van der Waals surface area contributed by atoms with Crippen molar-refractivity contribution in [2.24, 2.45) is 0 Å². The van der Waals surface area contributed by atoms with Crippen LogP contribution in [0.25, 0.3) is 0 Å². The zero-order chi connectivity index (χ0) is 15.6. The molecule has 1 N–H and O–H groups in total. The van der Waals surface area contributed by atoms with Gasteiger partial charge in [0.2, 0.25) is 0 Å². The van der Waals surface area contributed by atoms with E-state index >= 15 is 0 Å². The molecule has 0 aliphatic heterocycles. The van der Waals surface area contributed by atoms with Gasteiger partial charge in [0.05, 0.1) is 16.5 Å². The lowest BCUT2D eigenvalue weighted by Crippen LogP contribution is -2.13. The molecule has 0 fully saturated rings. The summed E-state index contributed by atoms with van der Waals surface area (Å²) in [6.45, 7) is 1.89. The van der Waals surface area contributed by atoms with Crippen molar-refractivity contribution in [3.8, 4) is 5.75 Å². The number of aryl methyl sites for hydroxylation is 1. The lowest BCUT2D eigenvalue weighted by atomic mass is 10.2. The van der Waals surface area contributed by atoms with Crippen molar-refractivity contribution in [3.05, 3.63) is 50.9 Å². The van der Waals surface area contributed by atoms with Crippen molar-refractivity contribution < 1.29 is 13.2 Å². The van der Waals surface area contributed by atoms with Crippen LogP contribution in [0.15, 0.2) is 50.2 Å². The summed E-state index contributed by atoms with van der Waals surface area (Å²) in [5.74, 6) is 0.577. The highest BCUT2D eigenvalue weighted by Gasteiger charge is 2.16. The maximum absolute atomic E-state index is 12.4. The predicted molar refractivity (Wildman–Crippen MR) is 90.4 cm³/mol. The molecule has 2 aromatic carbocycles. The zero-order valence-electron chi connectivity index (χ0n) is 11.4. The molecule has 21 heavy (non-hydrogen) atoms. The summed E-state index contributed by atoms with van der Waals surface area (Å²) < 4.78 is 33.9. The standard InChI is InChI=1S/C14H13Br2NO3S/c1-9-7-10(3-5-12(9)15)17-21(18,19)11-4-6-14(20-2)13(16)8-11/h3-8,17H,1-2H3. The molecule has 112 valence electrons. The van der Waals surface area contributed by atoms with Crippen LogP contribution in [-0.2, 0) is 10.0 Å². The SMILES string of the molecule is COc1ccc(S(=O)(=O)Nc2ccc(Br)c(C)c2)cc1Br. The maximum atomic E-state index is 12.4. The van der Waals surface area contributed by atoms with Crippen LogP contribution in [-0.4, -0.2) is 15.5 Å². The summed E-state index contributed by atoms with van der Waals surface area (Å²) in [6.07, 6.45) is 0. The summed E-state index contributed by atoms with van der Waals surface area (Å²) in [5, 5.41) is 0. The van der Waals surface area contributed by atoms with Crippen molar-refractivity contribution in [1.82, 2.24) is 0 Å². The van der Waals surface area contributed by atoms with Crippen LogP contribution in [0.4, 0.5) is 5.69 Å². The normalized spacial score (nSPS) is 11.2. The second kappa shape index (κ2) is 6.37. The molecule has 0 saturated carbocycles. The van der Waals surface area contributed by atoms with Crippen LogP contribution >= 0.6 is 31.9 Å². The van der Waals surface area contributed by atoms with Gasteiger partial charge in [-0.25, -0.2) is 8.42 Å². The Morgan fingerprint density at radius 3 is 2.33 bits per heavy atom. The molecule has 0 heterocycles. The molecule has 2 rings (SSSR count).